The molecule has 27 heavy (non-hydrogen) atoms. The second-order valence-corrected chi connectivity index (χ2v) is 8.66. The maximum absolute atomic E-state index is 13.3. The molecule has 6 heteroatoms. The molecule has 3 fully saturated rings. The third kappa shape index (κ3) is 2.89. The molecule has 148 valence electrons. The number of likely N-dealkylation sites (tertiary alicyclic amines) is 3. The number of hydrogen-bond donors (Lipinski definition) is 0. The Labute approximate surface area is 161 Å². The van der Waals surface area contributed by atoms with Crippen LogP contribution in [-0.4, -0.2) is 65.8 Å². The summed E-state index contributed by atoms with van der Waals surface area (Å²) in [5, 5.41) is 0. The Morgan fingerprint density at radius 1 is 1.15 bits per heavy atom. The molecule has 4 rings (SSSR count). The van der Waals surface area contributed by atoms with Crippen LogP contribution in [0.1, 0.15) is 44.6 Å². The highest BCUT2D eigenvalue weighted by Gasteiger charge is 2.65. The number of piperidine rings is 1. The highest BCUT2D eigenvalue weighted by atomic mass is 16.3. The number of fused-ring (bicyclic) bond motifs is 1. The Kier molecular flexibility index (Phi) is 4.57. The quantitative estimate of drug-likeness (QED) is 0.816. The maximum atomic E-state index is 13.3. The van der Waals surface area contributed by atoms with E-state index in [9.17, 15) is 9.59 Å². The summed E-state index contributed by atoms with van der Waals surface area (Å²) in [5.41, 5.74) is -0.447. The Morgan fingerprint density at radius 3 is 2.44 bits per heavy atom. The minimum absolute atomic E-state index is 0.0742. The van der Waals surface area contributed by atoms with E-state index < -0.39 is 0 Å². The van der Waals surface area contributed by atoms with Gasteiger partial charge in [-0.3, -0.25) is 14.5 Å². The molecule has 1 aromatic rings. The van der Waals surface area contributed by atoms with E-state index in [1.807, 2.05) is 28.9 Å². The van der Waals surface area contributed by atoms with Crippen LogP contribution in [0.2, 0.25) is 0 Å². The van der Waals surface area contributed by atoms with Crippen LogP contribution in [0.4, 0.5) is 0 Å². The fourth-order valence-corrected chi connectivity index (χ4v) is 5.63. The van der Waals surface area contributed by atoms with Crippen molar-refractivity contribution in [2.45, 2.75) is 46.6 Å². The predicted molar refractivity (Wildman–Crippen MR) is 102 cm³/mol. The van der Waals surface area contributed by atoms with E-state index in [1.54, 1.807) is 6.92 Å². The lowest BCUT2D eigenvalue weighted by Crippen LogP contribution is -2.52. The van der Waals surface area contributed by atoms with Gasteiger partial charge in [-0.2, -0.15) is 0 Å². The fraction of sp³-hybridized carbons (Fsp3) is 0.714. The Hall–Kier alpha value is -1.82. The van der Waals surface area contributed by atoms with Crippen LogP contribution in [0.5, 0.6) is 0 Å². The number of carbonyl (C=O) groups excluding carboxylic acids is 2. The van der Waals surface area contributed by atoms with Gasteiger partial charge >= 0.3 is 0 Å². The van der Waals surface area contributed by atoms with E-state index in [0.717, 1.165) is 70.1 Å². The van der Waals surface area contributed by atoms with Crippen molar-refractivity contribution in [3.63, 3.8) is 0 Å². The van der Waals surface area contributed by atoms with Gasteiger partial charge in [0.1, 0.15) is 11.5 Å². The molecule has 2 spiro atoms. The summed E-state index contributed by atoms with van der Waals surface area (Å²) in [7, 11) is 0. The molecule has 0 saturated carbocycles. The minimum Gasteiger partial charge on any atom is -0.465 e. The summed E-state index contributed by atoms with van der Waals surface area (Å²) in [6.45, 7) is 11.3. The summed E-state index contributed by atoms with van der Waals surface area (Å²) in [6, 6.07) is 4.06. The van der Waals surface area contributed by atoms with Gasteiger partial charge < -0.3 is 14.2 Å². The third-order valence-electron chi connectivity index (χ3n) is 7.29. The summed E-state index contributed by atoms with van der Waals surface area (Å²) in [4.78, 5) is 31.8. The van der Waals surface area contributed by atoms with E-state index >= 15 is 0 Å². The van der Waals surface area contributed by atoms with Gasteiger partial charge in [0.2, 0.25) is 11.8 Å². The zero-order chi connectivity index (χ0) is 19.2. The van der Waals surface area contributed by atoms with Crippen molar-refractivity contribution in [1.29, 1.82) is 0 Å². The lowest BCUT2D eigenvalue weighted by Gasteiger charge is -2.46. The van der Waals surface area contributed by atoms with Crippen molar-refractivity contribution in [3.05, 3.63) is 23.7 Å². The number of carbonyl (C=O) groups is 2. The van der Waals surface area contributed by atoms with E-state index in [0.29, 0.717) is 6.54 Å². The first-order valence-electron chi connectivity index (χ1n) is 10.2. The molecule has 0 N–H and O–H groups in total. The Bertz CT molecular complexity index is 735. The van der Waals surface area contributed by atoms with Crippen molar-refractivity contribution in [2.75, 3.05) is 39.3 Å². The molecule has 0 aromatic carbocycles. The van der Waals surface area contributed by atoms with Crippen molar-refractivity contribution < 1.29 is 14.0 Å². The lowest BCUT2D eigenvalue weighted by molar-refractivity contribution is -0.142. The van der Waals surface area contributed by atoms with Crippen molar-refractivity contribution in [1.82, 2.24) is 14.7 Å². The standard InChI is InChI=1S/C21H31N3O3/c1-4-23-12-9-21(19(23)26)15-24(17(3)25)14-20(21)7-10-22(11-8-20)13-18-6-5-16(2)27-18/h5-6H,4,7-15H2,1-3H3/t21-/m1/s1. The van der Waals surface area contributed by atoms with E-state index in [4.69, 9.17) is 4.42 Å². The number of amides is 2. The van der Waals surface area contributed by atoms with Crippen LogP contribution < -0.4 is 0 Å². The number of nitrogens with zero attached hydrogens (tertiary/aromatic N) is 3. The number of aryl methyl sites for hydroxylation is 1. The van der Waals surface area contributed by atoms with Crippen molar-refractivity contribution in [3.8, 4) is 0 Å². The van der Waals surface area contributed by atoms with Gasteiger partial charge in [-0.25, -0.2) is 0 Å². The first-order valence-corrected chi connectivity index (χ1v) is 10.2. The van der Waals surface area contributed by atoms with Crippen molar-refractivity contribution in [2.24, 2.45) is 10.8 Å². The topological polar surface area (TPSA) is 57.0 Å². The summed E-state index contributed by atoms with van der Waals surface area (Å²) >= 11 is 0. The molecule has 2 amide bonds. The van der Waals surface area contributed by atoms with Gasteiger partial charge in [0.15, 0.2) is 0 Å². The Morgan fingerprint density at radius 2 is 1.89 bits per heavy atom. The molecule has 0 unspecified atom stereocenters. The van der Waals surface area contributed by atoms with Crippen LogP contribution in [0.3, 0.4) is 0 Å². The van der Waals surface area contributed by atoms with Crippen molar-refractivity contribution >= 4 is 11.8 Å². The average molecular weight is 373 g/mol. The largest absolute Gasteiger partial charge is 0.465 e. The van der Waals surface area contributed by atoms with E-state index in [-0.39, 0.29) is 22.6 Å². The molecule has 6 nitrogen and oxygen atoms in total. The van der Waals surface area contributed by atoms with E-state index in [1.165, 1.54) is 0 Å². The van der Waals surface area contributed by atoms with Gasteiger partial charge in [-0.05, 0) is 58.3 Å². The zero-order valence-electron chi connectivity index (χ0n) is 16.8. The number of rotatable bonds is 3. The molecule has 4 heterocycles. The van der Waals surface area contributed by atoms with Gasteiger partial charge in [0.05, 0.1) is 12.0 Å². The van der Waals surface area contributed by atoms with Crippen LogP contribution in [0, 0.1) is 17.8 Å². The normalized spacial score (nSPS) is 28.0. The van der Waals surface area contributed by atoms with Gasteiger partial charge in [0, 0.05) is 38.5 Å². The predicted octanol–water partition coefficient (Wildman–Crippen LogP) is 2.27. The lowest BCUT2D eigenvalue weighted by atomic mass is 9.60. The summed E-state index contributed by atoms with van der Waals surface area (Å²) in [5.74, 6) is 2.33. The third-order valence-corrected chi connectivity index (χ3v) is 7.29. The molecule has 3 aliphatic rings. The van der Waals surface area contributed by atoms with Crippen LogP contribution in [-0.2, 0) is 16.1 Å². The molecular weight excluding hydrogens is 342 g/mol. The average Bonchev–Trinajstić information content (AvgIpc) is 3.29. The number of hydrogen-bond acceptors (Lipinski definition) is 4. The second-order valence-electron chi connectivity index (χ2n) is 8.66. The van der Waals surface area contributed by atoms with Crippen LogP contribution in [0.15, 0.2) is 16.5 Å². The molecule has 1 atom stereocenters. The van der Waals surface area contributed by atoms with Gasteiger partial charge in [0.25, 0.3) is 0 Å². The monoisotopic (exact) mass is 373 g/mol. The molecule has 3 saturated heterocycles. The first kappa shape index (κ1) is 18.5. The van der Waals surface area contributed by atoms with Crippen LogP contribution >= 0.6 is 0 Å². The Balaban J connectivity index is 1.53. The minimum atomic E-state index is -0.373. The second kappa shape index (κ2) is 6.66. The summed E-state index contributed by atoms with van der Waals surface area (Å²) < 4.78 is 5.74. The molecule has 0 radical (unpaired) electrons. The SMILES string of the molecule is CCN1CC[C@@]2(CN(C(C)=O)CC23CCN(Cc2ccc(C)o2)CC3)C1=O. The van der Waals surface area contributed by atoms with Gasteiger partial charge in [-0.1, -0.05) is 0 Å². The molecule has 1 aromatic heterocycles. The number of furan rings is 1. The maximum Gasteiger partial charge on any atom is 0.231 e. The van der Waals surface area contributed by atoms with Gasteiger partial charge in [-0.15, -0.1) is 0 Å². The van der Waals surface area contributed by atoms with Crippen LogP contribution in [0.25, 0.3) is 0 Å². The smallest absolute Gasteiger partial charge is 0.231 e. The highest BCUT2D eigenvalue weighted by Crippen LogP contribution is 2.57. The van der Waals surface area contributed by atoms with E-state index in [2.05, 4.69) is 11.8 Å². The molecule has 3 aliphatic heterocycles. The molecule has 0 bridgehead atoms. The first-order chi connectivity index (χ1) is 12.9. The molecular formula is C21H31N3O3. The summed E-state index contributed by atoms with van der Waals surface area (Å²) in [6.07, 6.45) is 2.83. The zero-order valence-corrected chi connectivity index (χ0v) is 16.8. The molecule has 0 aliphatic carbocycles. The fourth-order valence-electron chi connectivity index (χ4n) is 5.63. The highest BCUT2D eigenvalue weighted by molar-refractivity contribution is 5.88.